The predicted octanol–water partition coefficient (Wildman–Crippen LogP) is 0.172. The normalized spacial score (nSPS) is 26.4. The molecule has 0 aromatic carbocycles. The van der Waals surface area contributed by atoms with Crippen molar-refractivity contribution < 1.29 is 14.3 Å². The minimum absolute atomic E-state index is 0.00958. The lowest BCUT2D eigenvalue weighted by atomic mass is 9.88. The van der Waals surface area contributed by atoms with Gasteiger partial charge in [-0.3, -0.25) is 14.5 Å². The molecule has 2 heterocycles. The van der Waals surface area contributed by atoms with Crippen molar-refractivity contribution in [1.29, 1.82) is 0 Å². The minimum Gasteiger partial charge on any atom is -0.380 e. The molecule has 0 radical (unpaired) electrons. The van der Waals surface area contributed by atoms with Crippen molar-refractivity contribution in [3.05, 3.63) is 0 Å². The lowest BCUT2D eigenvalue weighted by Gasteiger charge is -2.40. The van der Waals surface area contributed by atoms with Crippen LogP contribution < -0.4 is 0 Å². The van der Waals surface area contributed by atoms with Gasteiger partial charge in [-0.1, -0.05) is 6.92 Å². The van der Waals surface area contributed by atoms with E-state index in [4.69, 9.17) is 4.74 Å². The molecule has 0 saturated carbocycles. The van der Waals surface area contributed by atoms with Gasteiger partial charge in [0.05, 0.1) is 13.2 Å². The fraction of sp³-hybridized carbons (Fsp3) is 0.778. The summed E-state index contributed by atoms with van der Waals surface area (Å²) < 4.78 is 5.07. The highest BCUT2D eigenvalue weighted by Crippen LogP contribution is 2.29. The highest BCUT2D eigenvalue weighted by molar-refractivity contribution is 6.01. The highest BCUT2D eigenvalue weighted by atomic mass is 16.5. The molecule has 2 rings (SSSR count). The molecule has 0 bridgehead atoms. The minimum atomic E-state index is -0.0295. The number of rotatable bonds is 2. The van der Waals surface area contributed by atoms with E-state index in [1.165, 1.54) is 4.90 Å². The number of nitrogens with zero attached hydrogens (tertiary/aromatic N) is 1. The molecular formula is C9H13NO3. The van der Waals surface area contributed by atoms with E-state index >= 15 is 0 Å². The van der Waals surface area contributed by atoms with Crippen LogP contribution in [0.2, 0.25) is 0 Å². The van der Waals surface area contributed by atoms with Gasteiger partial charge in [0, 0.05) is 24.8 Å². The van der Waals surface area contributed by atoms with Crippen molar-refractivity contribution in [2.45, 2.75) is 19.8 Å². The van der Waals surface area contributed by atoms with E-state index in [0.29, 0.717) is 32.6 Å². The number of hydrogen-bond acceptors (Lipinski definition) is 3. The van der Waals surface area contributed by atoms with Gasteiger partial charge in [0.2, 0.25) is 11.8 Å². The first kappa shape index (κ1) is 8.69. The van der Waals surface area contributed by atoms with Crippen molar-refractivity contribution in [3.63, 3.8) is 0 Å². The second-order valence-corrected chi connectivity index (χ2v) is 4.18. The van der Waals surface area contributed by atoms with Crippen molar-refractivity contribution in [3.8, 4) is 0 Å². The van der Waals surface area contributed by atoms with Gasteiger partial charge in [-0.25, -0.2) is 0 Å². The van der Waals surface area contributed by atoms with E-state index in [9.17, 15) is 9.59 Å². The van der Waals surface area contributed by atoms with Gasteiger partial charge in [0.1, 0.15) is 0 Å². The topological polar surface area (TPSA) is 46.6 Å². The van der Waals surface area contributed by atoms with E-state index in [1.807, 2.05) is 6.92 Å². The first-order valence-electron chi connectivity index (χ1n) is 4.52. The number of amides is 2. The Labute approximate surface area is 76.8 Å². The maximum atomic E-state index is 11.3. The average molecular weight is 183 g/mol. The maximum absolute atomic E-state index is 11.3. The molecule has 72 valence electrons. The van der Waals surface area contributed by atoms with Gasteiger partial charge < -0.3 is 4.74 Å². The first-order chi connectivity index (χ1) is 6.11. The number of carbonyl (C=O) groups excluding carboxylic acids is 2. The summed E-state index contributed by atoms with van der Waals surface area (Å²) >= 11 is 0. The summed E-state index contributed by atoms with van der Waals surface area (Å²) in [5, 5.41) is 0. The molecule has 0 atom stereocenters. The summed E-state index contributed by atoms with van der Waals surface area (Å²) in [7, 11) is 0. The molecule has 4 heteroatoms. The molecule has 0 N–H and O–H groups in total. The van der Waals surface area contributed by atoms with E-state index in [-0.39, 0.29) is 17.2 Å². The molecule has 0 aliphatic carbocycles. The maximum Gasteiger partial charge on any atom is 0.229 e. The predicted molar refractivity (Wildman–Crippen MR) is 44.9 cm³/mol. The van der Waals surface area contributed by atoms with Crippen molar-refractivity contribution >= 4 is 11.8 Å². The van der Waals surface area contributed by atoms with Crippen LogP contribution in [-0.2, 0) is 14.3 Å². The van der Waals surface area contributed by atoms with Crippen LogP contribution >= 0.6 is 0 Å². The van der Waals surface area contributed by atoms with Gasteiger partial charge in [-0.05, 0) is 0 Å². The Kier molecular flexibility index (Phi) is 1.87. The van der Waals surface area contributed by atoms with E-state index < -0.39 is 0 Å². The lowest BCUT2D eigenvalue weighted by Crippen LogP contribution is -2.50. The number of ether oxygens (including phenoxy) is 1. The van der Waals surface area contributed by atoms with E-state index in [1.54, 1.807) is 0 Å². The Balaban J connectivity index is 2.00. The fourth-order valence-corrected chi connectivity index (χ4v) is 1.72. The second kappa shape index (κ2) is 2.80. The van der Waals surface area contributed by atoms with Crippen molar-refractivity contribution in [2.75, 3.05) is 19.8 Å². The molecule has 2 amide bonds. The molecule has 4 nitrogen and oxygen atoms in total. The molecule has 0 aromatic heterocycles. The third kappa shape index (κ3) is 1.46. The first-order valence-corrected chi connectivity index (χ1v) is 4.52. The number of hydrogen-bond donors (Lipinski definition) is 0. The van der Waals surface area contributed by atoms with Crippen LogP contribution in [0.4, 0.5) is 0 Å². The quantitative estimate of drug-likeness (QED) is 0.573. The fourth-order valence-electron chi connectivity index (χ4n) is 1.72. The lowest BCUT2D eigenvalue weighted by molar-refractivity contribution is -0.150. The Bertz CT molecular complexity index is 242. The van der Waals surface area contributed by atoms with Crippen LogP contribution in [0, 0.1) is 5.41 Å². The molecule has 0 unspecified atom stereocenters. The summed E-state index contributed by atoms with van der Waals surface area (Å²) in [6.45, 7) is 3.88. The summed E-state index contributed by atoms with van der Waals surface area (Å²) in [4.78, 5) is 23.9. The summed E-state index contributed by atoms with van der Waals surface area (Å²) in [6.07, 6.45) is 0.769. The zero-order chi connectivity index (χ0) is 9.47. The number of imide groups is 1. The van der Waals surface area contributed by atoms with Crippen LogP contribution in [0.3, 0.4) is 0 Å². The molecular weight excluding hydrogens is 170 g/mol. The van der Waals surface area contributed by atoms with Gasteiger partial charge in [-0.2, -0.15) is 0 Å². The van der Waals surface area contributed by atoms with Crippen molar-refractivity contribution in [2.24, 2.45) is 5.41 Å². The third-order valence-corrected chi connectivity index (χ3v) is 2.60. The molecule has 0 spiro atoms. The Hall–Kier alpha value is -0.900. The Morgan fingerprint density at radius 1 is 1.31 bits per heavy atom. The number of carbonyl (C=O) groups is 2. The smallest absolute Gasteiger partial charge is 0.229 e. The zero-order valence-electron chi connectivity index (χ0n) is 7.71. The van der Waals surface area contributed by atoms with Crippen LogP contribution in [-0.4, -0.2) is 36.5 Å². The van der Waals surface area contributed by atoms with E-state index in [2.05, 4.69) is 0 Å². The van der Waals surface area contributed by atoms with Gasteiger partial charge in [0.15, 0.2) is 0 Å². The Morgan fingerprint density at radius 3 is 2.23 bits per heavy atom. The largest absolute Gasteiger partial charge is 0.380 e. The molecule has 2 fully saturated rings. The molecule has 0 aromatic rings. The summed E-state index contributed by atoms with van der Waals surface area (Å²) in [5.41, 5.74) is 0.00958. The highest BCUT2D eigenvalue weighted by Gasteiger charge is 2.40. The Morgan fingerprint density at radius 2 is 1.85 bits per heavy atom. The average Bonchev–Trinajstić information content (AvgIpc) is 2.33. The van der Waals surface area contributed by atoms with Crippen molar-refractivity contribution in [1.82, 2.24) is 4.90 Å². The van der Waals surface area contributed by atoms with Crippen LogP contribution in [0.25, 0.3) is 0 Å². The van der Waals surface area contributed by atoms with Gasteiger partial charge >= 0.3 is 0 Å². The number of likely N-dealkylation sites (tertiary alicyclic amines) is 1. The van der Waals surface area contributed by atoms with E-state index in [0.717, 1.165) is 0 Å². The van der Waals surface area contributed by atoms with Crippen LogP contribution in [0.1, 0.15) is 19.8 Å². The standard InChI is InChI=1S/C9H13NO3/c1-9(5-13-6-9)4-10-7(11)2-3-8(10)12/h2-6H2,1H3. The molecule has 2 saturated heterocycles. The third-order valence-electron chi connectivity index (χ3n) is 2.60. The SMILES string of the molecule is CC1(CN2C(=O)CCC2=O)COC1. The zero-order valence-corrected chi connectivity index (χ0v) is 7.71. The van der Waals surface area contributed by atoms with Crippen LogP contribution in [0.5, 0.6) is 0 Å². The second-order valence-electron chi connectivity index (χ2n) is 4.18. The summed E-state index contributed by atoms with van der Waals surface area (Å²) in [6, 6.07) is 0. The molecule has 2 aliphatic heterocycles. The molecule has 2 aliphatic rings. The van der Waals surface area contributed by atoms with Gasteiger partial charge in [0.25, 0.3) is 0 Å². The monoisotopic (exact) mass is 183 g/mol. The molecule has 13 heavy (non-hydrogen) atoms. The van der Waals surface area contributed by atoms with Crippen LogP contribution in [0.15, 0.2) is 0 Å². The van der Waals surface area contributed by atoms with Gasteiger partial charge in [-0.15, -0.1) is 0 Å². The summed E-state index contributed by atoms with van der Waals surface area (Å²) in [5.74, 6) is -0.0590.